The van der Waals surface area contributed by atoms with Crippen LogP contribution in [0.25, 0.3) is 0 Å². The van der Waals surface area contributed by atoms with Gasteiger partial charge in [-0.25, -0.2) is 8.42 Å². The first-order valence-corrected chi connectivity index (χ1v) is 12.0. The highest BCUT2D eigenvalue weighted by Gasteiger charge is 2.23. The second kappa shape index (κ2) is 9.81. The lowest BCUT2D eigenvalue weighted by Gasteiger charge is -2.19. The van der Waals surface area contributed by atoms with Crippen LogP contribution in [0.5, 0.6) is 5.75 Å². The van der Waals surface area contributed by atoms with E-state index in [0.29, 0.717) is 18.7 Å². The Morgan fingerprint density at radius 2 is 1.73 bits per heavy atom. The van der Waals surface area contributed by atoms with Crippen LogP contribution in [0.3, 0.4) is 0 Å². The number of nitrogens with zero attached hydrogens (tertiary/aromatic N) is 1. The Bertz CT molecular complexity index is 983. The van der Waals surface area contributed by atoms with Crippen molar-refractivity contribution in [3.8, 4) is 5.75 Å². The number of amides is 1. The summed E-state index contributed by atoms with van der Waals surface area (Å²) >= 11 is 6.20. The summed E-state index contributed by atoms with van der Waals surface area (Å²) in [6.45, 7) is 4.27. The molecule has 0 saturated heterocycles. The summed E-state index contributed by atoms with van der Waals surface area (Å²) in [5.74, 6) is 0.366. The van der Waals surface area contributed by atoms with Gasteiger partial charge >= 0.3 is 0 Å². The molecule has 1 aliphatic rings. The zero-order valence-electron chi connectivity index (χ0n) is 17.2. The van der Waals surface area contributed by atoms with Crippen molar-refractivity contribution in [2.24, 2.45) is 0 Å². The third-order valence-electron chi connectivity index (χ3n) is 5.25. The van der Waals surface area contributed by atoms with Gasteiger partial charge < -0.3 is 10.1 Å². The number of halogens is 1. The van der Waals surface area contributed by atoms with Crippen LogP contribution in [0.2, 0.25) is 5.02 Å². The number of ether oxygens (including phenoxy) is 1. The number of anilines is 1. The summed E-state index contributed by atoms with van der Waals surface area (Å²) in [6.07, 6.45) is 4.75. The lowest BCUT2D eigenvalue weighted by Crippen LogP contribution is -2.30. The molecule has 0 bridgehead atoms. The molecule has 0 aromatic heterocycles. The van der Waals surface area contributed by atoms with Crippen molar-refractivity contribution in [2.45, 2.75) is 50.5 Å². The van der Waals surface area contributed by atoms with E-state index in [1.54, 1.807) is 38.1 Å². The van der Waals surface area contributed by atoms with E-state index in [9.17, 15) is 13.2 Å². The van der Waals surface area contributed by atoms with Crippen molar-refractivity contribution in [1.29, 1.82) is 0 Å². The van der Waals surface area contributed by atoms with Crippen LogP contribution in [-0.2, 0) is 10.0 Å². The molecule has 0 heterocycles. The number of benzene rings is 2. The lowest BCUT2D eigenvalue weighted by atomic mass is 10.2. The van der Waals surface area contributed by atoms with Gasteiger partial charge in [-0.15, -0.1) is 0 Å². The number of carbonyl (C=O) groups excluding carboxylic acids is 1. The van der Waals surface area contributed by atoms with Gasteiger partial charge in [-0.2, -0.15) is 4.31 Å². The maximum atomic E-state index is 12.7. The molecule has 30 heavy (non-hydrogen) atoms. The van der Waals surface area contributed by atoms with Crippen LogP contribution in [0.4, 0.5) is 5.69 Å². The molecule has 1 saturated carbocycles. The Morgan fingerprint density at radius 3 is 2.33 bits per heavy atom. The highest BCUT2D eigenvalue weighted by molar-refractivity contribution is 7.89. The van der Waals surface area contributed by atoms with Gasteiger partial charge in [-0.1, -0.05) is 25.4 Å². The van der Waals surface area contributed by atoms with E-state index in [2.05, 4.69) is 5.32 Å². The minimum Gasteiger partial charge on any atom is -0.490 e. The topological polar surface area (TPSA) is 75.7 Å². The van der Waals surface area contributed by atoms with Gasteiger partial charge in [-0.3, -0.25) is 4.79 Å². The first-order chi connectivity index (χ1) is 14.3. The van der Waals surface area contributed by atoms with Crippen molar-refractivity contribution < 1.29 is 17.9 Å². The predicted octanol–water partition coefficient (Wildman–Crippen LogP) is 4.94. The molecule has 3 rings (SSSR count). The van der Waals surface area contributed by atoms with E-state index in [1.165, 1.54) is 35.3 Å². The standard InChI is InChI=1S/C22H27ClN2O4S/c1-3-25(4-2)30(27,28)19-13-14-20(23)21(15-19)24-22(26)16-9-11-18(12-10-16)29-17-7-5-6-8-17/h9-15,17H,3-8H2,1-2H3,(H,24,26). The second-order valence-electron chi connectivity index (χ2n) is 7.23. The van der Waals surface area contributed by atoms with E-state index in [0.717, 1.165) is 18.6 Å². The molecule has 162 valence electrons. The summed E-state index contributed by atoms with van der Waals surface area (Å²) < 4.78 is 32.8. The quantitative estimate of drug-likeness (QED) is 0.617. The molecule has 0 aliphatic heterocycles. The molecule has 1 amide bonds. The highest BCUT2D eigenvalue weighted by atomic mass is 35.5. The minimum absolute atomic E-state index is 0.0891. The second-order valence-corrected chi connectivity index (χ2v) is 9.58. The van der Waals surface area contributed by atoms with E-state index < -0.39 is 10.0 Å². The fourth-order valence-corrected chi connectivity index (χ4v) is 5.20. The van der Waals surface area contributed by atoms with Crippen LogP contribution in [0.15, 0.2) is 47.4 Å². The van der Waals surface area contributed by atoms with Crippen LogP contribution >= 0.6 is 11.6 Å². The maximum absolute atomic E-state index is 12.7. The molecule has 0 spiro atoms. The Balaban J connectivity index is 1.74. The molecule has 0 radical (unpaired) electrons. The zero-order chi connectivity index (χ0) is 21.7. The Morgan fingerprint density at radius 1 is 1.10 bits per heavy atom. The molecular weight excluding hydrogens is 424 g/mol. The Labute approximate surface area is 183 Å². The molecule has 1 N–H and O–H groups in total. The minimum atomic E-state index is -3.65. The zero-order valence-corrected chi connectivity index (χ0v) is 18.8. The van der Waals surface area contributed by atoms with Crippen molar-refractivity contribution >= 4 is 33.2 Å². The van der Waals surface area contributed by atoms with Gasteiger partial charge in [0.15, 0.2) is 0 Å². The third-order valence-corrected chi connectivity index (χ3v) is 7.63. The molecule has 2 aromatic rings. The largest absolute Gasteiger partial charge is 0.490 e. The molecule has 6 nitrogen and oxygen atoms in total. The number of rotatable bonds is 8. The van der Waals surface area contributed by atoms with Crippen molar-refractivity contribution in [2.75, 3.05) is 18.4 Å². The first kappa shape index (κ1) is 22.6. The van der Waals surface area contributed by atoms with Crippen LogP contribution in [-0.4, -0.2) is 37.8 Å². The molecule has 8 heteroatoms. The molecule has 1 aliphatic carbocycles. The first-order valence-electron chi connectivity index (χ1n) is 10.2. The monoisotopic (exact) mass is 450 g/mol. The summed E-state index contributed by atoms with van der Waals surface area (Å²) in [5.41, 5.74) is 0.683. The number of carbonyl (C=O) groups is 1. The van der Waals surface area contributed by atoms with Gasteiger partial charge in [0.2, 0.25) is 10.0 Å². The molecular formula is C22H27ClN2O4S. The summed E-state index contributed by atoms with van der Waals surface area (Å²) in [5, 5.41) is 2.98. The van der Waals surface area contributed by atoms with E-state index in [1.807, 2.05) is 0 Å². The molecule has 0 unspecified atom stereocenters. The SMILES string of the molecule is CCN(CC)S(=O)(=O)c1ccc(Cl)c(NC(=O)c2ccc(OC3CCCC3)cc2)c1. The lowest BCUT2D eigenvalue weighted by molar-refractivity contribution is 0.102. The van der Waals surface area contributed by atoms with Crippen molar-refractivity contribution in [1.82, 2.24) is 4.31 Å². The van der Waals surface area contributed by atoms with Crippen LogP contribution in [0, 0.1) is 0 Å². The average molecular weight is 451 g/mol. The highest BCUT2D eigenvalue weighted by Crippen LogP contribution is 2.28. The number of nitrogens with one attached hydrogen (secondary N) is 1. The van der Waals surface area contributed by atoms with Gasteiger partial charge in [0.05, 0.1) is 21.7 Å². The number of hydrogen-bond donors (Lipinski definition) is 1. The van der Waals surface area contributed by atoms with Crippen molar-refractivity contribution in [3.63, 3.8) is 0 Å². The van der Waals surface area contributed by atoms with E-state index >= 15 is 0 Å². The number of hydrogen-bond acceptors (Lipinski definition) is 4. The summed E-state index contributed by atoms with van der Waals surface area (Å²) in [7, 11) is -3.65. The molecule has 1 fully saturated rings. The molecule has 2 aromatic carbocycles. The van der Waals surface area contributed by atoms with Gasteiger partial charge in [0.1, 0.15) is 5.75 Å². The number of sulfonamides is 1. The Kier molecular flexibility index (Phi) is 7.39. The Hall–Kier alpha value is -2.09. The average Bonchev–Trinajstić information content (AvgIpc) is 3.23. The summed E-state index contributed by atoms with van der Waals surface area (Å²) in [4.78, 5) is 12.7. The molecule has 0 atom stereocenters. The maximum Gasteiger partial charge on any atom is 0.255 e. The van der Waals surface area contributed by atoms with Crippen molar-refractivity contribution in [3.05, 3.63) is 53.1 Å². The van der Waals surface area contributed by atoms with Gasteiger partial charge in [0.25, 0.3) is 5.91 Å². The van der Waals surface area contributed by atoms with Gasteiger partial charge in [0, 0.05) is 18.7 Å². The van der Waals surface area contributed by atoms with E-state index in [-0.39, 0.29) is 27.6 Å². The third kappa shape index (κ3) is 5.14. The van der Waals surface area contributed by atoms with Gasteiger partial charge in [-0.05, 0) is 68.1 Å². The summed E-state index contributed by atoms with van der Waals surface area (Å²) in [6, 6.07) is 11.2. The fraction of sp³-hybridized carbons (Fsp3) is 0.409. The predicted molar refractivity (Wildman–Crippen MR) is 119 cm³/mol. The normalized spacial score (nSPS) is 14.8. The van der Waals surface area contributed by atoms with Crippen LogP contribution < -0.4 is 10.1 Å². The van der Waals surface area contributed by atoms with E-state index in [4.69, 9.17) is 16.3 Å². The fourth-order valence-electron chi connectivity index (χ4n) is 3.55. The van der Waals surface area contributed by atoms with Crippen LogP contribution in [0.1, 0.15) is 49.9 Å². The smallest absolute Gasteiger partial charge is 0.255 e.